The highest BCUT2D eigenvalue weighted by atomic mass is 16.2. The molecule has 1 unspecified atom stereocenters. The number of benzene rings is 1. The molecule has 1 atom stereocenters. The van der Waals surface area contributed by atoms with Crippen LogP contribution in [0.15, 0.2) is 30.3 Å². The lowest BCUT2D eigenvalue weighted by atomic mass is 9.81. The van der Waals surface area contributed by atoms with E-state index < -0.39 is 0 Å². The van der Waals surface area contributed by atoms with E-state index in [0.717, 1.165) is 31.4 Å². The van der Waals surface area contributed by atoms with Crippen molar-refractivity contribution in [2.24, 2.45) is 17.1 Å². The highest BCUT2D eigenvalue weighted by Crippen LogP contribution is 2.43. The molecule has 2 N–H and O–H groups in total. The summed E-state index contributed by atoms with van der Waals surface area (Å²) in [5, 5.41) is 0. The van der Waals surface area contributed by atoms with Crippen molar-refractivity contribution in [3.8, 4) is 0 Å². The first-order chi connectivity index (χ1) is 9.56. The Hall–Kier alpha value is -1.35. The molecule has 1 saturated carbocycles. The number of anilines is 1. The molecule has 1 amide bonds. The third-order valence-corrected chi connectivity index (χ3v) is 4.48. The van der Waals surface area contributed by atoms with Crippen LogP contribution in [0.5, 0.6) is 0 Å². The summed E-state index contributed by atoms with van der Waals surface area (Å²) < 4.78 is 0. The van der Waals surface area contributed by atoms with Gasteiger partial charge in [0.2, 0.25) is 5.91 Å². The van der Waals surface area contributed by atoms with Crippen LogP contribution in [0.1, 0.15) is 39.5 Å². The zero-order chi connectivity index (χ0) is 14.6. The van der Waals surface area contributed by atoms with Gasteiger partial charge in [-0.05, 0) is 43.4 Å². The number of carbonyl (C=O) groups is 1. The molecule has 1 aromatic carbocycles. The summed E-state index contributed by atoms with van der Waals surface area (Å²) in [6.45, 7) is 5.76. The van der Waals surface area contributed by atoms with Crippen molar-refractivity contribution in [1.82, 2.24) is 0 Å². The van der Waals surface area contributed by atoms with Crippen molar-refractivity contribution >= 4 is 11.6 Å². The van der Waals surface area contributed by atoms with Gasteiger partial charge in [0, 0.05) is 18.2 Å². The SMILES string of the molecule is CC1(C)CCCC1C(=O)N(CCCN)c1ccccc1. The molecule has 3 nitrogen and oxygen atoms in total. The largest absolute Gasteiger partial charge is 0.330 e. The number of para-hydroxylation sites is 1. The standard InChI is InChI=1S/C17H26N2O/c1-17(2)11-6-10-15(17)16(20)19(13-7-12-18)14-8-4-3-5-9-14/h3-5,8-9,15H,6-7,10-13,18H2,1-2H3. The molecule has 1 aliphatic rings. The average Bonchev–Trinajstić information content (AvgIpc) is 2.79. The molecule has 1 fully saturated rings. The van der Waals surface area contributed by atoms with E-state index in [9.17, 15) is 4.79 Å². The van der Waals surface area contributed by atoms with E-state index in [1.165, 1.54) is 0 Å². The number of nitrogens with zero attached hydrogens (tertiary/aromatic N) is 1. The summed E-state index contributed by atoms with van der Waals surface area (Å²) in [6, 6.07) is 9.97. The van der Waals surface area contributed by atoms with Gasteiger partial charge in [-0.1, -0.05) is 38.5 Å². The van der Waals surface area contributed by atoms with Gasteiger partial charge in [0.05, 0.1) is 0 Å². The van der Waals surface area contributed by atoms with Crippen LogP contribution < -0.4 is 10.6 Å². The molecule has 0 aliphatic heterocycles. The maximum Gasteiger partial charge on any atom is 0.230 e. The van der Waals surface area contributed by atoms with Crippen LogP contribution >= 0.6 is 0 Å². The fourth-order valence-electron chi connectivity index (χ4n) is 3.20. The Kier molecular flexibility index (Phi) is 4.81. The number of nitrogens with two attached hydrogens (primary N) is 1. The predicted molar refractivity (Wildman–Crippen MR) is 83.6 cm³/mol. The Morgan fingerprint density at radius 2 is 2.05 bits per heavy atom. The first-order valence-electron chi connectivity index (χ1n) is 7.63. The maximum atomic E-state index is 13.0. The Morgan fingerprint density at radius 3 is 2.60 bits per heavy atom. The highest BCUT2D eigenvalue weighted by molar-refractivity contribution is 5.95. The average molecular weight is 274 g/mol. The number of rotatable bonds is 5. The van der Waals surface area contributed by atoms with E-state index in [-0.39, 0.29) is 17.2 Å². The van der Waals surface area contributed by atoms with Crippen molar-refractivity contribution in [2.75, 3.05) is 18.0 Å². The first-order valence-corrected chi connectivity index (χ1v) is 7.63. The van der Waals surface area contributed by atoms with E-state index in [4.69, 9.17) is 5.73 Å². The Morgan fingerprint density at radius 1 is 1.35 bits per heavy atom. The molecule has 20 heavy (non-hydrogen) atoms. The van der Waals surface area contributed by atoms with Gasteiger partial charge >= 0.3 is 0 Å². The molecule has 110 valence electrons. The Labute approximate surface area is 122 Å². The summed E-state index contributed by atoms with van der Waals surface area (Å²) in [4.78, 5) is 14.9. The summed E-state index contributed by atoms with van der Waals surface area (Å²) >= 11 is 0. The second kappa shape index (κ2) is 6.40. The molecule has 0 spiro atoms. The summed E-state index contributed by atoms with van der Waals surface area (Å²) in [6.07, 6.45) is 4.15. The third-order valence-electron chi connectivity index (χ3n) is 4.48. The quantitative estimate of drug-likeness (QED) is 0.896. The zero-order valence-corrected chi connectivity index (χ0v) is 12.6. The molecular formula is C17H26N2O. The molecule has 1 aliphatic carbocycles. The van der Waals surface area contributed by atoms with Gasteiger partial charge in [-0.25, -0.2) is 0 Å². The fourth-order valence-corrected chi connectivity index (χ4v) is 3.20. The Balaban J connectivity index is 2.20. The van der Waals surface area contributed by atoms with Gasteiger partial charge < -0.3 is 10.6 Å². The molecule has 2 rings (SSSR count). The van der Waals surface area contributed by atoms with Gasteiger partial charge in [-0.3, -0.25) is 4.79 Å². The summed E-state index contributed by atoms with van der Waals surface area (Å²) in [5.41, 5.74) is 6.74. The van der Waals surface area contributed by atoms with Crippen LogP contribution in [-0.4, -0.2) is 19.0 Å². The lowest BCUT2D eigenvalue weighted by Gasteiger charge is -2.32. The molecule has 0 bridgehead atoms. The second-order valence-electron chi connectivity index (χ2n) is 6.40. The minimum atomic E-state index is 0.118. The van der Waals surface area contributed by atoms with Crippen molar-refractivity contribution in [3.05, 3.63) is 30.3 Å². The Bertz CT molecular complexity index is 442. The van der Waals surface area contributed by atoms with Crippen molar-refractivity contribution in [2.45, 2.75) is 39.5 Å². The smallest absolute Gasteiger partial charge is 0.230 e. The van der Waals surface area contributed by atoms with Crippen molar-refractivity contribution in [1.29, 1.82) is 0 Å². The van der Waals surface area contributed by atoms with Crippen molar-refractivity contribution in [3.63, 3.8) is 0 Å². The molecule has 0 aromatic heterocycles. The lowest BCUT2D eigenvalue weighted by Crippen LogP contribution is -2.41. The van der Waals surface area contributed by atoms with Crippen LogP contribution in [0.4, 0.5) is 5.69 Å². The van der Waals surface area contributed by atoms with Crippen LogP contribution in [-0.2, 0) is 4.79 Å². The highest BCUT2D eigenvalue weighted by Gasteiger charge is 2.41. The summed E-state index contributed by atoms with van der Waals surface area (Å²) in [5.74, 6) is 0.410. The zero-order valence-electron chi connectivity index (χ0n) is 12.6. The van der Waals surface area contributed by atoms with Crippen LogP contribution in [0.3, 0.4) is 0 Å². The molecular weight excluding hydrogens is 248 g/mol. The number of carbonyl (C=O) groups excluding carboxylic acids is 1. The minimum Gasteiger partial charge on any atom is -0.330 e. The first kappa shape index (κ1) is 15.0. The van der Waals surface area contributed by atoms with Crippen LogP contribution in [0.25, 0.3) is 0 Å². The van der Waals surface area contributed by atoms with E-state index in [0.29, 0.717) is 13.1 Å². The van der Waals surface area contributed by atoms with Crippen LogP contribution in [0, 0.1) is 11.3 Å². The monoisotopic (exact) mass is 274 g/mol. The number of amides is 1. The van der Waals surface area contributed by atoms with E-state index in [1.807, 2.05) is 35.2 Å². The molecule has 0 radical (unpaired) electrons. The van der Waals surface area contributed by atoms with Crippen molar-refractivity contribution < 1.29 is 4.79 Å². The van der Waals surface area contributed by atoms with Gasteiger partial charge in [0.1, 0.15) is 0 Å². The van der Waals surface area contributed by atoms with Gasteiger partial charge in [-0.2, -0.15) is 0 Å². The molecule has 0 saturated heterocycles. The number of hydrogen-bond acceptors (Lipinski definition) is 2. The normalized spacial score (nSPS) is 20.9. The summed E-state index contributed by atoms with van der Waals surface area (Å²) in [7, 11) is 0. The van der Waals surface area contributed by atoms with E-state index in [1.54, 1.807) is 0 Å². The maximum absolute atomic E-state index is 13.0. The van der Waals surface area contributed by atoms with Crippen LogP contribution in [0.2, 0.25) is 0 Å². The predicted octanol–water partition coefficient (Wildman–Crippen LogP) is 3.19. The second-order valence-corrected chi connectivity index (χ2v) is 6.40. The fraction of sp³-hybridized carbons (Fsp3) is 0.588. The third kappa shape index (κ3) is 3.21. The number of hydrogen-bond donors (Lipinski definition) is 1. The van der Waals surface area contributed by atoms with Gasteiger partial charge in [0.25, 0.3) is 0 Å². The topological polar surface area (TPSA) is 46.3 Å². The van der Waals surface area contributed by atoms with Gasteiger partial charge in [0.15, 0.2) is 0 Å². The molecule has 1 aromatic rings. The van der Waals surface area contributed by atoms with E-state index >= 15 is 0 Å². The van der Waals surface area contributed by atoms with Gasteiger partial charge in [-0.15, -0.1) is 0 Å². The molecule has 3 heteroatoms. The minimum absolute atomic E-state index is 0.118. The van der Waals surface area contributed by atoms with E-state index in [2.05, 4.69) is 13.8 Å². The molecule has 0 heterocycles. The lowest BCUT2D eigenvalue weighted by molar-refractivity contribution is -0.124.